The van der Waals surface area contributed by atoms with E-state index in [4.69, 9.17) is 16.3 Å². The lowest BCUT2D eigenvalue weighted by Crippen LogP contribution is -2.10. The van der Waals surface area contributed by atoms with E-state index in [-0.39, 0.29) is 5.97 Å². The van der Waals surface area contributed by atoms with Crippen LogP contribution in [0, 0.1) is 0 Å². The number of aromatic amines is 1. The van der Waals surface area contributed by atoms with Crippen LogP contribution >= 0.6 is 11.6 Å². The average Bonchev–Trinajstić information content (AvgIpc) is 2.84. The van der Waals surface area contributed by atoms with Crippen molar-refractivity contribution in [2.24, 2.45) is 0 Å². The lowest BCUT2D eigenvalue weighted by atomic mass is 10.0. The van der Waals surface area contributed by atoms with Crippen LogP contribution in [0.1, 0.15) is 29.9 Å². The van der Waals surface area contributed by atoms with Gasteiger partial charge in [0.25, 0.3) is 0 Å². The predicted molar refractivity (Wildman–Crippen MR) is 83.9 cm³/mol. The predicted octanol–water partition coefficient (Wildman–Crippen LogP) is 4.11. The maximum Gasteiger partial charge on any atom is 0.357 e. The van der Waals surface area contributed by atoms with Gasteiger partial charge in [-0.05, 0) is 37.1 Å². The van der Waals surface area contributed by atoms with Crippen molar-refractivity contribution in [3.63, 3.8) is 0 Å². The summed E-state index contributed by atoms with van der Waals surface area (Å²) < 4.78 is 5.09. The van der Waals surface area contributed by atoms with E-state index in [1.165, 1.54) is 0 Å². The van der Waals surface area contributed by atoms with Crippen molar-refractivity contribution in [3.8, 4) is 0 Å². The summed E-state index contributed by atoms with van der Waals surface area (Å²) in [5.41, 5.74) is 3.15. The molecule has 4 nitrogen and oxygen atoms in total. The van der Waals surface area contributed by atoms with Gasteiger partial charge in [0.1, 0.15) is 0 Å². The highest BCUT2D eigenvalue weighted by Gasteiger charge is 2.18. The summed E-state index contributed by atoms with van der Waals surface area (Å²) in [6.45, 7) is 4.12. The zero-order valence-electron chi connectivity index (χ0n) is 11.9. The number of fused-ring (bicyclic) bond motifs is 3. The number of esters is 1. The fraction of sp³-hybridized carbons (Fsp3) is 0.250. The minimum atomic E-state index is -0.382. The van der Waals surface area contributed by atoms with Crippen LogP contribution in [-0.4, -0.2) is 22.5 Å². The number of carbonyl (C=O) groups is 1. The Morgan fingerprint density at radius 2 is 2.14 bits per heavy atom. The quantitative estimate of drug-likeness (QED) is 0.741. The molecule has 0 aliphatic carbocycles. The molecular formula is C16H15ClN2O2. The number of carbonyl (C=O) groups excluding carboxylic acids is 1. The van der Waals surface area contributed by atoms with Crippen molar-refractivity contribution in [2.75, 3.05) is 6.61 Å². The van der Waals surface area contributed by atoms with Crippen LogP contribution < -0.4 is 0 Å². The van der Waals surface area contributed by atoms with Crippen molar-refractivity contribution in [2.45, 2.75) is 20.3 Å². The molecule has 0 fully saturated rings. The largest absolute Gasteiger partial charge is 0.461 e. The van der Waals surface area contributed by atoms with Crippen molar-refractivity contribution >= 4 is 39.4 Å². The molecule has 108 valence electrons. The number of ether oxygens (including phenoxy) is 1. The summed E-state index contributed by atoms with van der Waals surface area (Å²) in [5.74, 6) is -0.382. The molecule has 0 radical (unpaired) electrons. The molecule has 0 saturated heterocycles. The molecule has 0 saturated carbocycles. The highest BCUT2D eigenvalue weighted by molar-refractivity contribution is 6.32. The third-order valence-electron chi connectivity index (χ3n) is 3.52. The van der Waals surface area contributed by atoms with E-state index in [0.717, 1.165) is 27.4 Å². The Hall–Kier alpha value is -2.07. The first-order valence-electron chi connectivity index (χ1n) is 6.91. The number of nitrogens with zero attached hydrogens (tertiary/aromatic N) is 1. The number of aryl methyl sites for hydroxylation is 1. The topological polar surface area (TPSA) is 55.0 Å². The summed E-state index contributed by atoms with van der Waals surface area (Å²) in [6.07, 6.45) is 2.37. The molecular weight excluding hydrogens is 288 g/mol. The number of hydrogen-bond donors (Lipinski definition) is 1. The number of H-pyrrole nitrogens is 1. The van der Waals surface area contributed by atoms with Crippen LogP contribution in [0.15, 0.2) is 24.4 Å². The minimum absolute atomic E-state index is 0.335. The van der Waals surface area contributed by atoms with E-state index in [1.807, 2.05) is 25.1 Å². The SMILES string of the molecule is CCOC(=O)c1ncc2[nH]c3ccc(Cl)cc3c2c1CC. The Bertz CT molecular complexity index is 839. The van der Waals surface area contributed by atoms with Gasteiger partial charge in [-0.2, -0.15) is 0 Å². The first-order valence-corrected chi connectivity index (χ1v) is 7.29. The number of nitrogens with one attached hydrogen (secondary N) is 1. The number of pyridine rings is 1. The molecule has 2 aromatic heterocycles. The molecule has 0 amide bonds. The van der Waals surface area contributed by atoms with E-state index in [0.29, 0.717) is 23.7 Å². The molecule has 5 heteroatoms. The second kappa shape index (κ2) is 5.37. The molecule has 0 spiro atoms. The van der Waals surface area contributed by atoms with Gasteiger partial charge in [0.15, 0.2) is 5.69 Å². The van der Waals surface area contributed by atoms with Gasteiger partial charge in [-0.15, -0.1) is 0 Å². The molecule has 0 atom stereocenters. The number of halogens is 1. The Kier molecular flexibility index (Phi) is 3.55. The molecule has 2 heterocycles. The zero-order chi connectivity index (χ0) is 15.0. The third-order valence-corrected chi connectivity index (χ3v) is 3.76. The van der Waals surface area contributed by atoms with Gasteiger partial charge in [0, 0.05) is 21.3 Å². The van der Waals surface area contributed by atoms with Gasteiger partial charge >= 0.3 is 5.97 Å². The molecule has 0 bridgehead atoms. The van der Waals surface area contributed by atoms with E-state index in [2.05, 4.69) is 9.97 Å². The summed E-state index contributed by atoms with van der Waals surface area (Å²) in [6, 6.07) is 5.68. The number of hydrogen-bond acceptors (Lipinski definition) is 3. The summed E-state index contributed by atoms with van der Waals surface area (Å²) in [4.78, 5) is 19.7. The Balaban J connectivity index is 2.35. The van der Waals surface area contributed by atoms with Gasteiger partial charge < -0.3 is 9.72 Å². The van der Waals surface area contributed by atoms with Crippen LogP contribution in [0.2, 0.25) is 5.02 Å². The summed E-state index contributed by atoms with van der Waals surface area (Å²) in [7, 11) is 0. The zero-order valence-corrected chi connectivity index (χ0v) is 12.6. The van der Waals surface area contributed by atoms with Crippen molar-refractivity contribution < 1.29 is 9.53 Å². The third kappa shape index (κ3) is 2.25. The maximum atomic E-state index is 12.1. The number of aromatic nitrogens is 2. The van der Waals surface area contributed by atoms with E-state index in [9.17, 15) is 4.79 Å². The smallest absolute Gasteiger partial charge is 0.357 e. The van der Waals surface area contributed by atoms with Crippen LogP contribution in [0.3, 0.4) is 0 Å². The van der Waals surface area contributed by atoms with Crippen molar-refractivity contribution in [3.05, 3.63) is 40.7 Å². The Morgan fingerprint density at radius 3 is 2.86 bits per heavy atom. The van der Waals surface area contributed by atoms with Crippen LogP contribution in [0.5, 0.6) is 0 Å². The Labute approximate surface area is 127 Å². The Morgan fingerprint density at radius 1 is 1.33 bits per heavy atom. The normalized spacial score (nSPS) is 11.2. The lowest BCUT2D eigenvalue weighted by Gasteiger charge is -2.08. The van der Waals surface area contributed by atoms with E-state index < -0.39 is 0 Å². The fourth-order valence-corrected chi connectivity index (χ4v) is 2.82. The highest BCUT2D eigenvalue weighted by Crippen LogP contribution is 2.31. The lowest BCUT2D eigenvalue weighted by molar-refractivity contribution is 0.0518. The molecule has 0 aliphatic rings. The van der Waals surface area contributed by atoms with Gasteiger partial charge in [-0.1, -0.05) is 18.5 Å². The second-order valence-electron chi connectivity index (χ2n) is 4.76. The highest BCUT2D eigenvalue weighted by atomic mass is 35.5. The minimum Gasteiger partial charge on any atom is -0.461 e. The number of benzene rings is 1. The van der Waals surface area contributed by atoms with Gasteiger partial charge in [0.2, 0.25) is 0 Å². The van der Waals surface area contributed by atoms with Crippen molar-refractivity contribution in [1.29, 1.82) is 0 Å². The summed E-state index contributed by atoms with van der Waals surface area (Å²) >= 11 is 6.10. The molecule has 3 aromatic rings. The average molecular weight is 303 g/mol. The van der Waals surface area contributed by atoms with Gasteiger partial charge in [-0.3, -0.25) is 0 Å². The second-order valence-corrected chi connectivity index (χ2v) is 5.20. The van der Waals surface area contributed by atoms with Gasteiger partial charge in [0.05, 0.1) is 18.3 Å². The van der Waals surface area contributed by atoms with E-state index in [1.54, 1.807) is 13.1 Å². The molecule has 21 heavy (non-hydrogen) atoms. The van der Waals surface area contributed by atoms with E-state index >= 15 is 0 Å². The molecule has 1 aromatic carbocycles. The maximum absolute atomic E-state index is 12.1. The molecule has 0 unspecified atom stereocenters. The van der Waals surface area contributed by atoms with Crippen LogP contribution in [0.4, 0.5) is 0 Å². The summed E-state index contributed by atoms with van der Waals surface area (Å²) in [5, 5.41) is 2.66. The first-order chi connectivity index (χ1) is 10.2. The number of rotatable bonds is 3. The fourth-order valence-electron chi connectivity index (χ4n) is 2.65. The molecule has 0 aliphatic heterocycles. The first kappa shape index (κ1) is 13.9. The molecule has 3 rings (SSSR count). The standard InChI is InChI=1S/C16H15ClN2O2/c1-3-10-14-11-7-9(17)5-6-12(11)19-13(14)8-18-15(10)16(20)21-4-2/h5-8,19H,3-4H2,1-2H3. The van der Waals surface area contributed by atoms with Crippen LogP contribution in [0.25, 0.3) is 21.8 Å². The van der Waals surface area contributed by atoms with Gasteiger partial charge in [-0.25, -0.2) is 9.78 Å². The van der Waals surface area contributed by atoms with Crippen LogP contribution in [-0.2, 0) is 11.2 Å². The monoisotopic (exact) mass is 302 g/mol. The molecule has 1 N–H and O–H groups in total. The van der Waals surface area contributed by atoms with Crippen molar-refractivity contribution in [1.82, 2.24) is 9.97 Å².